The highest BCUT2D eigenvalue weighted by Crippen LogP contribution is 2.48. The summed E-state index contributed by atoms with van der Waals surface area (Å²) in [5, 5.41) is 13.4. The summed E-state index contributed by atoms with van der Waals surface area (Å²) in [5.41, 5.74) is 1.21. The third kappa shape index (κ3) is 3.28. The number of nitrogens with one attached hydrogen (secondary N) is 2. The van der Waals surface area contributed by atoms with E-state index in [1.54, 1.807) is 12.4 Å². The predicted octanol–water partition coefficient (Wildman–Crippen LogP) is 2.96. The normalized spacial score (nSPS) is 30.9. The number of hydrogen-bond acceptors (Lipinski definition) is 6. The number of amidine groups is 1. The van der Waals surface area contributed by atoms with Crippen molar-refractivity contribution in [2.75, 3.05) is 0 Å². The molecule has 3 fully saturated rings. The Hall–Kier alpha value is -3.10. The maximum atomic E-state index is 13.7. The van der Waals surface area contributed by atoms with E-state index in [0.717, 1.165) is 31.9 Å². The lowest BCUT2D eigenvalue weighted by Crippen LogP contribution is -2.45. The van der Waals surface area contributed by atoms with Gasteiger partial charge in [0.05, 0.1) is 12.1 Å². The Labute approximate surface area is 172 Å². The number of guanidine groups is 1. The third-order valence-electron chi connectivity index (χ3n) is 6.54. The fourth-order valence-electron chi connectivity index (χ4n) is 5.16. The van der Waals surface area contributed by atoms with Crippen LogP contribution in [0.1, 0.15) is 38.2 Å². The molecule has 2 aromatic heterocycles. The van der Waals surface area contributed by atoms with Crippen molar-refractivity contribution in [1.82, 2.24) is 15.3 Å². The molecule has 3 N–H and O–H groups in total. The summed E-state index contributed by atoms with van der Waals surface area (Å²) in [6, 6.07) is 1.40. The van der Waals surface area contributed by atoms with Gasteiger partial charge in [-0.3, -0.25) is 4.79 Å². The number of aromatic amines is 1. The van der Waals surface area contributed by atoms with Crippen molar-refractivity contribution in [3.63, 3.8) is 0 Å². The maximum absolute atomic E-state index is 13.7. The smallest absolute Gasteiger partial charge is 0.307 e. The van der Waals surface area contributed by atoms with E-state index in [9.17, 15) is 14.3 Å². The standard InChI is InChI=1S/C21H23FN6O2/c1-10-26-19(16-9-24-18-14(16)6-13(22)7-23-18)28-21(27-10)25-8-15-11-2-4-12(5-3-11)17(15)20(29)30/h6-12,15,17H,2-5H2,1H3,(H,23,24)(H,29,30)(H,26,27,28)/b25-8+/t10?,11?,12?,15?,17-/m0/s1. The van der Waals surface area contributed by atoms with Crippen molar-refractivity contribution >= 4 is 35.0 Å². The van der Waals surface area contributed by atoms with Gasteiger partial charge >= 0.3 is 5.97 Å². The van der Waals surface area contributed by atoms with Gasteiger partial charge in [0.1, 0.15) is 17.6 Å². The first kappa shape index (κ1) is 18.9. The number of H-pyrrole nitrogens is 1. The molecule has 6 rings (SSSR count). The number of aliphatic imine (C=N–C) groups is 3. The molecule has 3 aliphatic carbocycles. The summed E-state index contributed by atoms with van der Waals surface area (Å²) in [4.78, 5) is 32.5. The first-order valence-electron chi connectivity index (χ1n) is 10.3. The van der Waals surface area contributed by atoms with Crippen LogP contribution < -0.4 is 5.32 Å². The summed E-state index contributed by atoms with van der Waals surface area (Å²) in [6.07, 6.45) is 8.46. The minimum absolute atomic E-state index is 0.0801. The fourth-order valence-corrected chi connectivity index (χ4v) is 5.16. The number of fused-ring (bicyclic) bond motifs is 4. The molecule has 2 bridgehead atoms. The van der Waals surface area contributed by atoms with Crippen LogP contribution in [-0.2, 0) is 4.79 Å². The highest BCUT2D eigenvalue weighted by Gasteiger charge is 2.46. The predicted molar refractivity (Wildman–Crippen MR) is 111 cm³/mol. The minimum atomic E-state index is -0.733. The second-order valence-corrected chi connectivity index (χ2v) is 8.35. The van der Waals surface area contributed by atoms with Gasteiger partial charge in [0.25, 0.3) is 0 Å². The molecule has 2 aromatic rings. The molecule has 0 radical (unpaired) electrons. The Morgan fingerprint density at radius 1 is 1.30 bits per heavy atom. The quantitative estimate of drug-likeness (QED) is 0.675. The zero-order valence-electron chi connectivity index (χ0n) is 16.5. The molecular weight excluding hydrogens is 387 g/mol. The van der Waals surface area contributed by atoms with Crippen LogP contribution >= 0.6 is 0 Å². The molecular formula is C21H23FN6O2. The third-order valence-corrected chi connectivity index (χ3v) is 6.54. The molecule has 0 saturated heterocycles. The second kappa shape index (κ2) is 7.30. The zero-order valence-corrected chi connectivity index (χ0v) is 16.5. The minimum Gasteiger partial charge on any atom is -0.481 e. The second-order valence-electron chi connectivity index (χ2n) is 8.35. The van der Waals surface area contributed by atoms with Gasteiger partial charge in [0.2, 0.25) is 5.96 Å². The maximum Gasteiger partial charge on any atom is 0.307 e. The fraction of sp³-hybridized carbons (Fsp3) is 0.476. The van der Waals surface area contributed by atoms with Crippen LogP contribution in [0.2, 0.25) is 0 Å². The largest absolute Gasteiger partial charge is 0.481 e. The summed E-state index contributed by atoms with van der Waals surface area (Å²) in [5.74, 6) is -0.207. The van der Waals surface area contributed by atoms with Crippen LogP contribution in [0.3, 0.4) is 0 Å². The van der Waals surface area contributed by atoms with Gasteiger partial charge in [-0.25, -0.2) is 19.4 Å². The molecule has 156 valence electrons. The van der Waals surface area contributed by atoms with Crippen molar-refractivity contribution < 1.29 is 14.3 Å². The number of carboxylic acids is 1. The van der Waals surface area contributed by atoms with Gasteiger partial charge < -0.3 is 15.4 Å². The Balaban J connectivity index is 1.44. The molecule has 0 spiro atoms. The van der Waals surface area contributed by atoms with E-state index in [4.69, 9.17) is 0 Å². The lowest BCUT2D eigenvalue weighted by molar-refractivity contribution is -0.149. The number of aliphatic carboxylic acids is 1. The Kier molecular flexibility index (Phi) is 4.60. The number of pyridine rings is 1. The monoisotopic (exact) mass is 410 g/mol. The van der Waals surface area contributed by atoms with Gasteiger partial charge in [-0.05, 0) is 50.5 Å². The van der Waals surface area contributed by atoms with Crippen molar-refractivity contribution in [3.8, 4) is 0 Å². The van der Waals surface area contributed by atoms with Crippen LogP contribution in [0, 0.1) is 29.5 Å². The molecule has 3 saturated carbocycles. The van der Waals surface area contributed by atoms with E-state index < -0.39 is 11.8 Å². The number of carbonyl (C=O) groups is 1. The van der Waals surface area contributed by atoms with Gasteiger partial charge in [0.15, 0.2) is 5.84 Å². The van der Waals surface area contributed by atoms with Crippen LogP contribution in [0.4, 0.5) is 4.39 Å². The van der Waals surface area contributed by atoms with Crippen LogP contribution in [0.25, 0.3) is 11.0 Å². The number of carboxylic acid groups (broad SMARTS) is 1. The summed E-state index contributed by atoms with van der Waals surface area (Å²) in [6.45, 7) is 1.88. The van der Waals surface area contributed by atoms with Gasteiger partial charge in [-0.1, -0.05) is 0 Å². The molecule has 0 aromatic carbocycles. The van der Waals surface area contributed by atoms with Crippen LogP contribution in [0.5, 0.6) is 0 Å². The van der Waals surface area contributed by atoms with E-state index in [1.807, 2.05) is 6.92 Å². The van der Waals surface area contributed by atoms with E-state index in [1.165, 1.54) is 6.07 Å². The van der Waals surface area contributed by atoms with Gasteiger partial charge in [-0.2, -0.15) is 4.99 Å². The first-order valence-corrected chi connectivity index (χ1v) is 10.3. The highest BCUT2D eigenvalue weighted by atomic mass is 19.1. The molecule has 2 unspecified atom stereocenters. The molecule has 0 amide bonds. The van der Waals surface area contributed by atoms with E-state index >= 15 is 0 Å². The van der Waals surface area contributed by atoms with Gasteiger partial charge in [-0.15, -0.1) is 0 Å². The van der Waals surface area contributed by atoms with Crippen LogP contribution in [0.15, 0.2) is 33.4 Å². The summed E-state index contributed by atoms with van der Waals surface area (Å²) < 4.78 is 13.7. The van der Waals surface area contributed by atoms with Crippen molar-refractivity contribution in [2.24, 2.45) is 38.6 Å². The van der Waals surface area contributed by atoms with E-state index in [0.29, 0.717) is 34.3 Å². The Morgan fingerprint density at radius 2 is 2.07 bits per heavy atom. The molecule has 8 nitrogen and oxygen atoms in total. The van der Waals surface area contributed by atoms with Crippen molar-refractivity contribution in [1.29, 1.82) is 0 Å². The molecule has 9 heteroatoms. The zero-order chi connectivity index (χ0) is 20.8. The van der Waals surface area contributed by atoms with Crippen molar-refractivity contribution in [3.05, 3.63) is 29.8 Å². The molecule has 30 heavy (non-hydrogen) atoms. The highest BCUT2D eigenvalue weighted by molar-refractivity contribution is 6.14. The number of hydrogen-bond donors (Lipinski definition) is 3. The number of aromatic nitrogens is 2. The molecule has 3 heterocycles. The van der Waals surface area contributed by atoms with Crippen molar-refractivity contribution in [2.45, 2.75) is 38.8 Å². The van der Waals surface area contributed by atoms with E-state index in [-0.39, 0.29) is 23.9 Å². The first-order chi connectivity index (χ1) is 14.5. The lowest BCUT2D eigenvalue weighted by Gasteiger charge is -2.45. The molecule has 3 atom stereocenters. The number of rotatable bonds is 3. The Bertz CT molecular complexity index is 1080. The molecule has 1 aliphatic heterocycles. The SMILES string of the molecule is CC1N=C(c2c[nH]c3ncc(F)cc23)N=C(/N=C/C2C3CCC(CC3)[C@@H]2C(=O)O)N1. The molecule has 4 aliphatic rings. The van der Waals surface area contributed by atoms with Gasteiger partial charge in [0, 0.05) is 29.3 Å². The average molecular weight is 410 g/mol. The van der Waals surface area contributed by atoms with Crippen LogP contribution in [-0.4, -0.2) is 45.2 Å². The topological polar surface area (TPSA) is 115 Å². The Morgan fingerprint density at radius 3 is 2.83 bits per heavy atom. The summed E-state index contributed by atoms with van der Waals surface area (Å²) >= 11 is 0. The average Bonchev–Trinajstić information content (AvgIpc) is 3.15. The lowest BCUT2D eigenvalue weighted by atomic mass is 9.59. The van der Waals surface area contributed by atoms with E-state index in [2.05, 4.69) is 30.3 Å². The number of nitrogens with zero attached hydrogens (tertiary/aromatic N) is 4. The summed E-state index contributed by atoms with van der Waals surface area (Å²) in [7, 11) is 0. The number of halogens is 1.